The van der Waals surface area contributed by atoms with Crippen molar-refractivity contribution >= 4 is 7.60 Å². The molecule has 0 aliphatic heterocycles. The number of pyridine rings is 1. The summed E-state index contributed by atoms with van der Waals surface area (Å²) < 4.78 is 17.1. The van der Waals surface area contributed by atoms with E-state index in [4.69, 9.17) is 4.52 Å². The highest BCUT2D eigenvalue weighted by Gasteiger charge is 2.18. The quantitative estimate of drug-likeness (QED) is 0.563. The maximum absolute atomic E-state index is 11.9. The van der Waals surface area contributed by atoms with Gasteiger partial charge in [0.15, 0.2) is 0 Å². The number of aromatic nitrogens is 1. The maximum Gasteiger partial charge on any atom is 0.328 e. The predicted octanol–water partition coefficient (Wildman–Crippen LogP) is 3.85. The molecule has 0 spiro atoms. The van der Waals surface area contributed by atoms with E-state index >= 15 is 0 Å². The average Bonchev–Trinajstić information content (AvgIpc) is 2.53. The first-order valence-electron chi connectivity index (χ1n) is 7.55. The topological polar surface area (TPSA) is 59.4 Å². The molecule has 1 heterocycles. The van der Waals surface area contributed by atoms with E-state index in [-0.39, 0.29) is 6.16 Å². The minimum atomic E-state index is -3.47. The van der Waals surface area contributed by atoms with Crippen LogP contribution in [0.4, 0.5) is 0 Å². The molecule has 0 bridgehead atoms. The lowest BCUT2D eigenvalue weighted by molar-refractivity contribution is 0.255. The Hall–Kier alpha value is -1.48. The van der Waals surface area contributed by atoms with E-state index in [9.17, 15) is 9.46 Å². The minimum Gasteiger partial charge on any atom is -0.324 e. The predicted molar refractivity (Wildman–Crippen MR) is 88.0 cm³/mol. The summed E-state index contributed by atoms with van der Waals surface area (Å²) >= 11 is 0. The van der Waals surface area contributed by atoms with Crippen molar-refractivity contribution in [2.24, 2.45) is 0 Å². The van der Waals surface area contributed by atoms with Crippen LogP contribution in [0.3, 0.4) is 0 Å². The number of hydrogen-bond acceptors (Lipinski definition) is 3. The third kappa shape index (κ3) is 6.52. The van der Waals surface area contributed by atoms with Gasteiger partial charge in [-0.2, -0.15) is 0 Å². The number of aryl methyl sites for hydroxylation is 2. The zero-order valence-electron chi connectivity index (χ0n) is 12.6. The second kappa shape index (κ2) is 8.84. The van der Waals surface area contributed by atoms with Crippen LogP contribution in [-0.2, 0) is 21.9 Å². The molecule has 2 aromatic rings. The Balaban J connectivity index is 1.62. The van der Waals surface area contributed by atoms with Crippen LogP contribution < -0.4 is 0 Å². The van der Waals surface area contributed by atoms with Crippen LogP contribution >= 0.6 is 7.60 Å². The van der Waals surface area contributed by atoms with E-state index < -0.39 is 7.60 Å². The van der Waals surface area contributed by atoms with Crippen LogP contribution in [0.5, 0.6) is 0 Å². The van der Waals surface area contributed by atoms with Crippen LogP contribution in [0.2, 0.25) is 0 Å². The van der Waals surface area contributed by atoms with Gasteiger partial charge in [0.25, 0.3) is 0 Å². The molecule has 4 nitrogen and oxygen atoms in total. The van der Waals surface area contributed by atoms with Gasteiger partial charge in [-0.25, -0.2) is 0 Å². The SMILES string of the molecule is O=P(O)(CCCc1ccccc1)OCCCc1cccnc1. The van der Waals surface area contributed by atoms with Crippen molar-refractivity contribution in [3.05, 3.63) is 66.0 Å². The lowest BCUT2D eigenvalue weighted by Crippen LogP contribution is -2.00. The van der Waals surface area contributed by atoms with Crippen LogP contribution in [0.15, 0.2) is 54.9 Å². The van der Waals surface area contributed by atoms with Gasteiger partial charge in [-0.1, -0.05) is 36.4 Å². The second-order valence-electron chi connectivity index (χ2n) is 5.25. The normalized spacial score (nSPS) is 13.7. The van der Waals surface area contributed by atoms with Crippen LogP contribution in [0.25, 0.3) is 0 Å². The highest BCUT2D eigenvalue weighted by molar-refractivity contribution is 7.52. The fraction of sp³-hybridized carbons (Fsp3) is 0.353. The molecule has 1 unspecified atom stereocenters. The monoisotopic (exact) mass is 319 g/mol. The molecule has 1 N–H and O–H groups in total. The Morgan fingerprint density at radius 1 is 1.00 bits per heavy atom. The lowest BCUT2D eigenvalue weighted by atomic mass is 10.1. The molecule has 5 heteroatoms. The fourth-order valence-corrected chi connectivity index (χ4v) is 3.32. The van der Waals surface area contributed by atoms with Crippen molar-refractivity contribution in [3.63, 3.8) is 0 Å². The molecule has 2 rings (SSSR count). The van der Waals surface area contributed by atoms with E-state index in [1.165, 1.54) is 5.56 Å². The first-order chi connectivity index (χ1) is 10.7. The Morgan fingerprint density at radius 3 is 2.45 bits per heavy atom. The molecular formula is C17H22NO3P. The fourth-order valence-electron chi connectivity index (χ4n) is 2.22. The summed E-state index contributed by atoms with van der Waals surface area (Å²) in [4.78, 5) is 13.8. The third-order valence-corrected chi connectivity index (χ3v) is 4.84. The number of nitrogens with zero attached hydrogens (tertiary/aromatic N) is 1. The molecule has 0 saturated heterocycles. The van der Waals surface area contributed by atoms with Gasteiger partial charge >= 0.3 is 7.60 Å². The Kier molecular flexibility index (Phi) is 6.78. The Labute approximate surface area is 131 Å². The smallest absolute Gasteiger partial charge is 0.324 e. The lowest BCUT2D eigenvalue weighted by Gasteiger charge is -2.12. The van der Waals surface area contributed by atoms with Crippen LogP contribution in [-0.4, -0.2) is 22.6 Å². The van der Waals surface area contributed by atoms with Gasteiger partial charge < -0.3 is 9.42 Å². The molecule has 118 valence electrons. The molecule has 1 aromatic carbocycles. The molecule has 0 saturated carbocycles. The van der Waals surface area contributed by atoms with Crippen molar-refractivity contribution < 1.29 is 14.0 Å². The van der Waals surface area contributed by atoms with Crippen LogP contribution in [0, 0.1) is 0 Å². The molecule has 22 heavy (non-hydrogen) atoms. The summed E-state index contributed by atoms with van der Waals surface area (Å²) in [7, 11) is -3.47. The average molecular weight is 319 g/mol. The van der Waals surface area contributed by atoms with Crippen molar-refractivity contribution in [1.29, 1.82) is 0 Å². The Morgan fingerprint density at radius 2 is 1.73 bits per heavy atom. The zero-order valence-corrected chi connectivity index (χ0v) is 13.5. The molecule has 0 radical (unpaired) electrons. The molecule has 1 aromatic heterocycles. The third-order valence-electron chi connectivity index (χ3n) is 3.37. The van der Waals surface area contributed by atoms with Crippen molar-refractivity contribution in [2.45, 2.75) is 25.7 Å². The van der Waals surface area contributed by atoms with Gasteiger partial charge in [-0.3, -0.25) is 9.55 Å². The summed E-state index contributed by atoms with van der Waals surface area (Å²) in [5.74, 6) is 0. The van der Waals surface area contributed by atoms with Crippen molar-refractivity contribution in [1.82, 2.24) is 4.98 Å². The summed E-state index contributed by atoms with van der Waals surface area (Å²) in [6.07, 6.45) is 6.71. The number of benzene rings is 1. The van der Waals surface area contributed by atoms with Gasteiger partial charge in [0.05, 0.1) is 12.8 Å². The molecular weight excluding hydrogens is 297 g/mol. The van der Waals surface area contributed by atoms with E-state index in [1.54, 1.807) is 12.4 Å². The minimum absolute atomic E-state index is 0.203. The summed E-state index contributed by atoms with van der Waals surface area (Å²) in [6, 6.07) is 13.8. The van der Waals surface area contributed by atoms with Gasteiger partial charge in [0, 0.05) is 12.4 Å². The summed E-state index contributed by atoms with van der Waals surface area (Å²) in [5, 5.41) is 0. The van der Waals surface area contributed by atoms with E-state index in [0.717, 1.165) is 24.8 Å². The molecule has 0 fully saturated rings. The standard InChI is InChI=1S/C17H22NO3P/c19-22(20,14-6-11-16-7-2-1-3-8-16)21-13-5-10-17-9-4-12-18-15-17/h1-4,7-9,12,15H,5-6,10-11,13-14H2,(H,19,20). The molecule has 0 amide bonds. The number of hydrogen-bond donors (Lipinski definition) is 1. The van der Waals surface area contributed by atoms with E-state index in [1.807, 2.05) is 42.5 Å². The summed E-state index contributed by atoms with van der Waals surface area (Å²) in [5.41, 5.74) is 2.29. The van der Waals surface area contributed by atoms with Crippen molar-refractivity contribution in [3.8, 4) is 0 Å². The first-order valence-corrected chi connectivity index (χ1v) is 9.31. The largest absolute Gasteiger partial charge is 0.328 e. The molecule has 0 aliphatic carbocycles. The molecule has 1 atom stereocenters. The first kappa shape index (κ1) is 16.9. The maximum atomic E-state index is 11.9. The zero-order chi connectivity index (χ0) is 15.7. The van der Waals surface area contributed by atoms with E-state index in [0.29, 0.717) is 13.0 Å². The second-order valence-corrected chi connectivity index (χ2v) is 7.23. The molecule has 0 aliphatic rings. The number of rotatable bonds is 9. The van der Waals surface area contributed by atoms with Gasteiger partial charge in [-0.15, -0.1) is 0 Å². The van der Waals surface area contributed by atoms with Crippen LogP contribution in [0.1, 0.15) is 24.0 Å². The van der Waals surface area contributed by atoms with Gasteiger partial charge in [0.2, 0.25) is 0 Å². The highest BCUT2D eigenvalue weighted by atomic mass is 31.2. The van der Waals surface area contributed by atoms with E-state index in [2.05, 4.69) is 4.98 Å². The van der Waals surface area contributed by atoms with Gasteiger partial charge in [-0.05, 0) is 42.9 Å². The highest BCUT2D eigenvalue weighted by Crippen LogP contribution is 2.42. The summed E-state index contributed by atoms with van der Waals surface area (Å²) in [6.45, 7) is 0.300. The van der Waals surface area contributed by atoms with Gasteiger partial charge in [0.1, 0.15) is 0 Å². The Bertz CT molecular complexity index is 589. The van der Waals surface area contributed by atoms with Crippen molar-refractivity contribution in [2.75, 3.05) is 12.8 Å².